The standard InChI is InChI=1S/C10H6F8/c1-3-4(2)6(10(16,17)18)8(12)7(11)5(3)9(13,14)15/h1-2H3. The van der Waals surface area contributed by atoms with Crippen LogP contribution in [0.25, 0.3) is 0 Å². The Hall–Kier alpha value is -1.34. The van der Waals surface area contributed by atoms with E-state index in [2.05, 4.69) is 0 Å². The molecular weight excluding hydrogens is 272 g/mol. The summed E-state index contributed by atoms with van der Waals surface area (Å²) in [6, 6.07) is 0. The quantitative estimate of drug-likeness (QED) is 0.607. The fourth-order valence-electron chi connectivity index (χ4n) is 1.60. The molecule has 0 saturated heterocycles. The van der Waals surface area contributed by atoms with Crippen LogP contribution in [-0.2, 0) is 12.4 Å². The van der Waals surface area contributed by atoms with Crippen LogP contribution in [0, 0.1) is 25.5 Å². The highest BCUT2D eigenvalue weighted by molar-refractivity contribution is 5.44. The summed E-state index contributed by atoms with van der Waals surface area (Å²) in [5.74, 6) is -5.06. The zero-order chi connectivity index (χ0) is 14.5. The predicted molar refractivity (Wildman–Crippen MR) is 45.8 cm³/mol. The van der Waals surface area contributed by atoms with Gasteiger partial charge in [0, 0.05) is 0 Å². The molecule has 0 saturated carbocycles. The maximum atomic E-state index is 13.1. The van der Waals surface area contributed by atoms with Crippen LogP contribution in [0.2, 0.25) is 0 Å². The summed E-state index contributed by atoms with van der Waals surface area (Å²) in [5, 5.41) is 0. The number of rotatable bonds is 0. The Balaban J connectivity index is 3.79. The molecule has 0 aliphatic heterocycles. The highest BCUT2D eigenvalue weighted by atomic mass is 19.4. The second-order valence-electron chi connectivity index (χ2n) is 3.62. The fraction of sp³-hybridized carbons (Fsp3) is 0.400. The van der Waals surface area contributed by atoms with Crippen molar-refractivity contribution in [1.82, 2.24) is 0 Å². The van der Waals surface area contributed by atoms with E-state index in [1.165, 1.54) is 0 Å². The van der Waals surface area contributed by atoms with Crippen LogP contribution < -0.4 is 0 Å². The van der Waals surface area contributed by atoms with Crippen molar-refractivity contribution < 1.29 is 35.1 Å². The topological polar surface area (TPSA) is 0 Å². The SMILES string of the molecule is Cc1c(C)c(C(F)(F)F)c(F)c(F)c1C(F)(F)F. The van der Waals surface area contributed by atoms with Gasteiger partial charge >= 0.3 is 12.4 Å². The molecule has 0 bridgehead atoms. The molecule has 0 fully saturated rings. The Morgan fingerprint density at radius 3 is 1.00 bits per heavy atom. The first-order valence-electron chi connectivity index (χ1n) is 4.51. The maximum Gasteiger partial charge on any atom is 0.419 e. The van der Waals surface area contributed by atoms with Gasteiger partial charge in [-0.15, -0.1) is 0 Å². The van der Waals surface area contributed by atoms with E-state index in [9.17, 15) is 35.1 Å². The second-order valence-corrected chi connectivity index (χ2v) is 3.62. The molecule has 0 aromatic heterocycles. The molecule has 18 heavy (non-hydrogen) atoms. The molecule has 1 aromatic rings. The van der Waals surface area contributed by atoms with Crippen LogP contribution in [0.4, 0.5) is 35.1 Å². The van der Waals surface area contributed by atoms with E-state index in [4.69, 9.17) is 0 Å². The monoisotopic (exact) mass is 278 g/mol. The third kappa shape index (κ3) is 2.28. The average molecular weight is 278 g/mol. The van der Waals surface area contributed by atoms with Crippen LogP contribution in [0.15, 0.2) is 0 Å². The molecule has 0 nitrogen and oxygen atoms in total. The zero-order valence-corrected chi connectivity index (χ0v) is 9.02. The Labute approximate surface area is 96.2 Å². The van der Waals surface area contributed by atoms with Crippen LogP contribution in [0.1, 0.15) is 22.3 Å². The Morgan fingerprint density at radius 2 is 0.833 bits per heavy atom. The smallest absolute Gasteiger partial charge is 0.203 e. The first kappa shape index (κ1) is 14.7. The normalized spacial score (nSPS) is 13.0. The largest absolute Gasteiger partial charge is 0.419 e. The first-order chi connectivity index (χ1) is 7.89. The van der Waals surface area contributed by atoms with Crippen molar-refractivity contribution in [3.05, 3.63) is 33.9 Å². The maximum absolute atomic E-state index is 13.1. The van der Waals surface area contributed by atoms with E-state index in [1.807, 2.05) is 0 Å². The number of benzene rings is 1. The molecule has 0 N–H and O–H groups in total. The molecular formula is C10H6F8. The molecule has 0 spiro atoms. The molecule has 1 rings (SSSR count). The van der Waals surface area contributed by atoms with Crippen LogP contribution in [0.3, 0.4) is 0 Å². The van der Waals surface area contributed by atoms with Crippen LogP contribution >= 0.6 is 0 Å². The van der Waals surface area contributed by atoms with Gasteiger partial charge in [-0.1, -0.05) is 0 Å². The van der Waals surface area contributed by atoms with Gasteiger partial charge in [0.25, 0.3) is 0 Å². The predicted octanol–water partition coefficient (Wildman–Crippen LogP) is 4.62. The Kier molecular flexibility index (Phi) is 3.35. The van der Waals surface area contributed by atoms with Gasteiger partial charge in [-0.25, -0.2) is 8.78 Å². The third-order valence-corrected chi connectivity index (χ3v) is 2.51. The number of alkyl halides is 6. The van der Waals surface area contributed by atoms with Gasteiger partial charge in [-0.2, -0.15) is 26.3 Å². The second kappa shape index (κ2) is 4.10. The van der Waals surface area contributed by atoms with Crippen molar-refractivity contribution in [3.8, 4) is 0 Å². The summed E-state index contributed by atoms with van der Waals surface area (Å²) in [7, 11) is 0. The van der Waals surface area contributed by atoms with Crippen molar-refractivity contribution in [2.75, 3.05) is 0 Å². The Morgan fingerprint density at radius 1 is 0.611 bits per heavy atom. The highest BCUT2D eigenvalue weighted by Gasteiger charge is 2.44. The van der Waals surface area contributed by atoms with Crippen molar-refractivity contribution in [3.63, 3.8) is 0 Å². The molecule has 1 aromatic carbocycles. The minimum absolute atomic E-state index is 0.663. The molecule has 0 unspecified atom stereocenters. The molecule has 0 heterocycles. The summed E-state index contributed by atoms with van der Waals surface area (Å²) >= 11 is 0. The molecule has 0 atom stereocenters. The molecule has 0 radical (unpaired) electrons. The zero-order valence-electron chi connectivity index (χ0n) is 9.02. The van der Waals surface area contributed by atoms with Gasteiger partial charge in [0.1, 0.15) is 0 Å². The molecule has 0 amide bonds. The molecule has 102 valence electrons. The number of halogens is 8. The van der Waals surface area contributed by atoms with Gasteiger partial charge in [-0.05, 0) is 25.0 Å². The molecule has 0 aliphatic rings. The summed E-state index contributed by atoms with van der Waals surface area (Å²) in [6.07, 6.45) is -10.5. The van der Waals surface area contributed by atoms with E-state index in [-0.39, 0.29) is 0 Å². The number of hydrogen-bond acceptors (Lipinski definition) is 0. The van der Waals surface area contributed by atoms with Crippen molar-refractivity contribution in [2.24, 2.45) is 0 Å². The van der Waals surface area contributed by atoms with Gasteiger partial charge in [-0.3, -0.25) is 0 Å². The van der Waals surface area contributed by atoms with Gasteiger partial charge in [0.15, 0.2) is 11.6 Å². The van der Waals surface area contributed by atoms with E-state index < -0.39 is 46.2 Å². The van der Waals surface area contributed by atoms with Gasteiger partial charge in [0.2, 0.25) is 0 Å². The number of hydrogen-bond donors (Lipinski definition) is 0. The van der Waals surface area contributed by atoms with Gasteiger partial charge in [0.05, 0.1) is 11.1 Å². The van der Waals surface area contributed by atoms with Gasteiger partial charge < -0.3 is 0 Å². The highest BCUT2D eigenvalue weighted by Crippen LogP contribution is 2.42. The van der Waals surface area contributed by atoms with E-state index in [1.54, 1.807) is 0 Å². The lowest BCUT2D eigenvalue weighted by Gasteiger charge is -2.19. The first-order valence-corrected chi connectivity index (χ1v) is 4.51. The third-order valence-electron chi connectivity index (χ3n) is 2.51. The van der Waals surface area contributed by atoms with Crippen molar-refractivity contribution in [1.29, 1.82) is 0 Å². The Bertz CT molecular complexity index is 406. The molecule has 8 heteroatoms. The summed E-state index contributed by atoms with van der Waals surface area (Å²) in [4.78, 5) is 0. The molecule has 0 aliphatic carbocycles. The van der Waals surface area contributed by atoms with E-state index in [0.29, 0.717) is 13.8 Å². The lowest BCUT2D eigenvalue weighted by molar-refractivity contribution is -0.146. The fourth-order valence-corrected chi connectivity index (χ4v) is 1.60. The average Bonchev–Trinajstić information content (AvgIpc) is 2.10. The summed E-state index contributed by atoms with van der Waals surface area (Å²) in [6.45, 7) is 1.33. The minimum atomic E-state index is -5.26. The lowest BCUT2D eigenvalue weighted by atomic mass is 9.96. The van der Waals surface area contributed by atoms with Crippen LogP contribution in [0.5, 0.6) is 0 Å². The van der Waals surface area contributed by atoms with E-state index in [0.717, 1.165) is 0 Å². The van der Waals surface area contributed by atoms with Crippen LogP contribution in [-0.4, -0.2) is 0 Å². The summed E-state index contributed by atoms with van der Waals surface area (Å²) in [5.41, 5.74) is -5.97. The van der Waals surface area contributed by atoms with Crippen molar-refractivity contribution >= 4 is 0 Å². The van der Waals surface area contributed by atoms with E-state index >= 15 is 0 Å². The minimum Gasteiger partial charge on any atom is -0.203 e. The summed E-state index contributed by atoms with van der Waals surface area (Å²) < 4.78 is 101. The van der Waals surface area contributed by atoms with Crippen molar-refractivity contribution in [2.45, 2.75) is 26.2 Å². The lowest BCUT2D eigenvalue weighted by Crippen LogP contribution is -2.20.